The van der Waals surface area contributed by atoms with Gasteiger partial charge in [0.1, 0.15) is 22.9 Å². The van der Waals surface area contributed by atoms with Crippen LogP contribution in [0.3, 0.4) is 0 Å². The van der Waals surface area contributed by atoms with Crippen molar-refractivity contribution in [1.82, 2.24) is 9.55 Å². The fourth-order valence-electron chi connectivity index (χ4n) is 5.53. The van der Waals surface area contributed by atoms with E-state index in [1.165, 1.54) is 4.57 Å². The lowest BCUT2D eigenvalue weighted by atomic mass is 9.95. The number of aryl methyl sites for hydroxylation is 2. The third-order valence-corrected chi connectivity index (χ3v) is 7.87. The smallest absolute Gasteiger partial charge is 0.265 e. The molecule has 10 heteroatoms. The minimum absolute atomic E-state index is 0.0373. The molecule has 2 aromatic heterocycles. The molecule has 0 radical (unpaired) electrons. The number of hydrogen-bond donors (Lipinski definition) is 1. The Balaban J connectivity index is 1.36. The largest absolute Gasteiger partial charge is 0.486 e. The number of carbonyl (C=O) groups excluding carboxylic acids is 1. The van der Waals surface area contributed by atoms with E-state index in [2.05, 4.69) is 4.90 Å². The summed E-state index contributed by atoms with van der Waals surface area (Å²) in [6.45, 7) is 4.36. The van der Waals surface area contributed by atoms with Crippen molar-refractivity contribution >= 4 is 45.2 Å². The average molecular weight is 537 g/mol. The van der Waals surface area contributed by atoms with Crippen LogP contribution in [0.1, 0.15) is 47.0 Å². The number of ether oxygens (including phenoxy) is 2. The summed E-state index contributed by atoms with van der Waals surface area (Å²) in [5.74, 6) is 0.562. The molecule has 2 N–H and O–H groups in total. The first-order valence-electron chi connectivity index (χ1n) is 12.8. The highest BCUT2D eigenvalue weighted by molar-refractivity contribution is 6.33. The molecule has 6 rings (SSSR count). The Labute approximate surface area is 224 Å². The quantitative estimate of drug-likeness (QED) is 0.405. The van der Waals surface area contributed by atoms with Crippen molar-refractivity contribution in [3.63, 3.8) is 0 Å². The van der Waals surface area contributed by atoms with Gasteiger partial charge < -0.3 is 29.1 Å². The van der Waals surface area contributed by atoms with Gasteiger partial charge in [0.25, 0.3) is 11.5 Å². The summed E-state index contributed by atoms with van der Waals surface area (Å²) >= 11 is 6.66. The van der Waals surface area contributed by atoms with Crippen LogP contribution in [0, 0.1) is 6.92 Å². The maximum absolute atomic E-state index is 13.4. The van der Waals surface area contributed by atoms with Gasteiger partial charge >= 0.3 is 0 Å². The van der Waals surface area contributed by atoms with Crippen LogP contribution in [0.4, 0.5) is 5.69 Å². The first-order chi connectivity index (χ1) is 18.3. The highest BCUT2D eigenvalue weighted by Gasteiger charge is 2.30. The number of carbonyl (C=O) groups is 1. The molecule has 4 heterocycles. The monoisotopic (exact) mass is 536 g/mol. The fraction of sp³-hybridized carbons (Fsp3) is 0.393. The number of pyridine rings is 1. The molecule has 1 atom stereocenters. The van der Waals surface area contributed by atoms with E-state index in [-0.39, 0.29) is 17.6 Å². The highest BCUT2D eigenvalue weighted by atomic mass is 35.5. The normalized spacial score (nSPS) is 18.5. The lowest BCUT2D eigenvalue weighted by Crippen LogP contribution is -2.38. The summed E-state index contributed by atoms with van der Waals surface area (Å²) in [6.07, 6.45) is 2.17. The topological polar surface area (TPSA) is 113 Å². The average Bonchev–Trinajstić information content (AvgIpc) is 3.56. The summed E-state index contributed by atoms with van der Waals surface area (Å²) in [7, 11) is 1.62. The molecule has 0 unspecified atom stereocenters. The molecule has 0 saturated carbocycles. The van der Waals surface area contributed by atoms with Crippen molar-refractivity contribution in [2.45, 2.75) is 38.2 Å². The third kappa shape index (κ3) is 4.29. The molecule has 2 aromatic carbocycles. The van der Waals surface area contributed by atoms with Crippen molar-refractivity contribution in [3.05, 3.63) is 62.7 Å². The lowest BCUT2D eigenvalue weighted by Gasteiger charge is -2.34. The van der Waals surface area contributed by atoms with Gasteiger partial charge in [-0.25, -0.2) is 4.98 Å². The van der Waals surface area contributed by atoms with Gasteiger partial charge in [0.05, 0.1) is 29.4 Å². The third-order valence-electron chi connectivity index (χ3n) is 7.57. The first kappa shape index (κ1) is 24.8. The second-order valence-corrected chi connectivity index (χ2v) is 10.5. The molecule has 0 bridgehead atoms. The number of oxazole rings is 1. The van der Waals surface area contributed by atoms with Crippen molar-refractivity contribution < 1.29 is 18.7 Å². The molecule has 2 aliphatic heterocycles. The van der Waals surface area contributed by atoms with E-state index in [1.54, 1.807) is 19.2 Å². The van der Waals surface area contributed by atoms with E-state index in [9.17, 15) is 9.59 Å². The van der Waals surface area contributed by atoms with Gasteiger partial charge in [-0.1, -0.05) is 17.7 Å². The molecule has 198 valence electrons. The Morgan fingerprint density at radius 3 is 2.68 bits per heavy atom. The minimum atomic E-state index is -0.765. The number of piperidine rings is 1. The Hall–Kier alpha value is -3.56. The summed E-state index contributed by atoms with van der Waals surface area (Å²) in [6, 6.07) is 9.50. The highest BCUT2D eigenvalue weighted by Crippen LogP contribution is 2.39. The summed E-state index contributed by atoms with van der Waals surface area (Å²) < 4.78 is 19.0. The lowest BCUT2D eigenvalue weighted by molar-refractivity contribution is 0.0999. The summed E-state index contributed by atoms with van der Waals surface area (Å²) in [5, 5.41) is 1.08. The summed E-state index contributed by atoms with van der Waals surface area (Å²) in [4.78, 5) is 32.7. The van der Waals surface area contributed by atoms with Gasteiger partial charge in [0, 0.05) is 43.9 Å². The zero-order chi connectivity index (χ0) is 26.6. The molecular weight excluding hydrogens is 508 g/mol. The Bertz CT molecular complexity index is 1610. The maximum atomic E-state index is 13.4. The van der Waals surface area contributed by atoms with Crippen molar-refractivity contribution in [2.75, 3.05) is 31.2 Å². The molecule has 4 aromatic rings. The van der Waals surface area contributed by atoms with Crippen molar-refractivity contribution in [1.29, 1.82) is 0 Å². The van der Waals surface area contributed by atoms with Crippen LogP contribution in [0.2, 0.25) is 5.02 Å². The van der Waals surface area contributed by atoms with E-state index in [4.69, 9.17) is 36.2 Å². The van der Waals surface area contributed by atoms with Crippen LogP contribution >= 0.6 is 11.6 Å². The standard InChI is InChI=1S/C28H29ClN4O5/c1-15-3-4-22-20(11-15)31-27(38-22)16-5-8-33(9-6-16)25-18-12-19(29)23(37-17-7-10-36-14-17)13-21(18)32(2)28(35)24(25)26(30)34/h3-4,11-13,16-17H,5-10,14H2,1-2H3,(H2,30,34)/t17-/m0/s1. The van der Waals surface area contributed by atoms with Crippen LogP contribution in [0.15, 0.2) is 39.5 Å². The molecule has 0 aliphatic carbocycles. The van der Waals surface area contributed by atoms with Crippen molar-refractivity contribution in [2.24, 2.45) is 12.8 Å². The molecule has 2 fully saturated rings. The van der Waals surface area contributed by atoms with Gasteiger partial charge in [-0.3, -0.25) is 9.59 Å². The van der Waals surface area contributed by atoms with Gasteiger partial charge in [-0.15, -0.1) is 0 Å². The predicted molar refractivity (Wildman–Crippen MR) is 146 cm³/mol. The second-order valence-electron chi connectivity index (χ2n) is 10.1. The van der Waals surface area contributed by atoms with Gasteiger partial charge in [0.2, 0.25) is 0 Å². The zero-order valence-corrected chi connectivity index (χ0v) is 22.1. The van der Waals surface area contributed by atoms with Crippen molar-refractivity contribution in [3.8, 4) is 5.75 Å². The molecule has 1 amide bonds. The Kier molecular flexibility index (Phi) is 6.28. The molecule has 2 saturated heterocycles. The Morgan fingerprint density at radius 2 is 1.97 bits per heavy atom. The molecule has 38 heavy (non-hydrogen) atoms. The van der Waals surface area contributed by atoms with Crippen LogP contribution in [-0.4, -0.2) is 47.9 Å². The number of fused-ring (bicyclic) bond motifs is 2. The number of rotatable bonds is 5. The van der Waals surface area contributed by atoms with E-state index < -0.39 is 11.5 Å². The second kappa shape index (κ2) is 9.63. The van der Waals surface area contributed by atoms with E-state index in [1.807, 2.05) is 25.1 Å². The molecule has 9 nitrogen and oxygen atoms in total. The molecule has 2 aliphatic rings. The number of anilines is 1. The first-order valence-corrected chi connectivity index (χ1v) is 13.2. The number of benzene rings is 2. The fourth-order valence-corrected chi connectivity index (χ4v) is 5.74. The molecule has 0 spiro atoms. The van der Waals surface area contributed by atoms with Crippen LogP contribution in [0.5, 0.6) is 5.75 Å². The number of primary amides is 1. The molecular formula is C28H29ClN4O5. The van der Waals surface area contributed by atoms with Crippen LogP contribution in [-0.2, 0) is 11.8 Å². The number of hydrogen-bond acceptors (Lipinski definition) is 7. The number of aromatic nitrogens is 2. The Morgan fingerprint density at radius 1 is 1.18 bits per heavy atom. The van der Waals surface area contributed by atoms with Crippen LogP contribution < -0.4 is 20.9 Å². The van der Waals surface area contributed by atoms with Gasteiger partial charge in [-0.05, 0) is 43.5 Å². The minimum Gasteiger partial charge on any atom is -0.486 e. The van der Waals surface area contributed by atoms with E-state index >= 15 is 0 Å². The van der Waals surface area contributed by atoms with Gasteiger partial charge in [0.15, 0.2) is 11.5 Å². The number of amides is 1. The van der Waals surface area contributed by atoms with Crippen LogP contribution in [0.25, 0.3) is 22.0 Å². The predicted octanol–water partition coefficient (Wildman–Crippen LogP) is 4.29. The number of nitrogens with two attached hydrogens (primary N) is 1. The number of nitrogens with zero attached hydrogens (tertiary/aromatic N) is 3. The van der Waals surface area contributed by atoms with Gasteiger partial charge in [-0.2, -0.15) is 0 Å². The summed E-state index contributed by atoms with van der Waals surface area (Å²) in [5.41, 5.74) is 9.16. The SMILES string of the molecule is Cc1ccc2oc(C3CCN(c4c(C(N)=O)c(=O)n(C)c5cc(O[C@H]6CCOC6)c(Cl)cc45)CC3)nc2c1. The number of halogens is 1. The zero-order valence-electron chi connectivity index (χ0n) is 21.3. The van der Waals surface area contributed by atoms with E-state index in [0.717, 1.165) is 41.8 Å². The maximum Gasteiger partial charge on any atom is 0.265 e. The van der Waals surface area contributed by atoms with E-state index in [0.29, 0.717) is 53.7 Å².